The Balaban J connectivity index is 1.54. The molecule has 222 valence electrons. The number of hydrogen-bond donors (Lipinski definition) is 4. The second-order valence-electron chi connectivity index (χ2n) is 9.81. The molecule has 0 aliphatic heterocycles. The van der Waals surface area contributed by atoms with Crippen molar-refractivity contribution in [2.45, 2.75) is 89.9 Å². The minimum Gasteiger partial charge on any atom is -0.504 e. The third-order valence-corrected chi connectivity index (χ3v) is 7.02. The number of phenolic OH excluding ortho intramolecular Hbond substituents is 4. The average Bonchev–Trinajstić information content (AvgIpc) is 2.95. The molecule has 0 spiro atoms. The van der Waals surface area contributed by atoms with Crippen molar-refractivity contribution >= 4 is 0 Å². The van der Waals surface area contributed by atoms with Crippen LogP contribution < -0.4 is 18.9 Å². The van der Waals surface area contributed by atoms with Gasteiger partial charge in [0.1, 0.15) is 0 Å². The van der Waals surface area contributed by atoms with E-state index in [1.54, 1.807) is 0 Å². The molecule has 0 saturated heterocycles. The molecule has 8 heteroatoms. The van der Waals surface area contributed by atoms with Crippen molar-refractivity contribution < 1.29 is 39.4 Å². The molecule has 0 amide bonds. The number of hydrogen-bond acceptors (Lipinski definition) is 8. The van der Waals surface area contributed by atoms with Gasteiger partial charge in [-0.25, -0.2) is 0 Å². The molecule has 0 aliphatic carbocycles. The van der Waals surface area contributed by atoms with Gasteiger partial charge in [-0.15, -0.1) is 11.8 Å². The van der Waals surface area contributed by atoms with Gasteiger partial charge in [-0.05, 0) is 38.5 Å². The van der Waals surface area contributed by atoms with Gasteiger partial charge in [0.2, 0.25) is 0 Å². The Morgan fingerprint density at radius 2 is 0.850 bits per heavy atom. The number of unbranched alkanes of at least 4 members (excludes halogenated alkanes) is 10. The van der Waals surface area contributed by atoms with Crippen LogP contribution >= 0.6 is 0 Å². The maximum atomic E-state index is 10.4. The zero-order valence-corrected chi connectivity index (χ0v) is 24.5. The molecule has 2 aromatic carbocycles. The summed E-state index contributed by atoms with van der Waals surface area (Å²) < 4.78 is 20.8. The lowest BCUT2D eigenvalue weighted by Crippen LogP contribution is -1.97. The molecule has 4 N–H and O–H groups in total. The van der Waals surface area contributed by atoms with E-state index in [-0.39, 0.29) is 34.5 Å². The van der Waals surface area contributed by atoms with Gasteiger partial charge in [0.15, 0.2) is 46.0 Å². The summed E-state index contributed by atoms with van der Waals surface area (Å²) in [5.41, 5.74) is 1.17. The Bertz CT molecular complexity index is 1030. The molecular formula is C32H46O8. The summed E-state index contributed by atoms with van der Waals surface area (Å²) in [6, 6.07) is 2.73. The third kappa shape index (κ3) is 9.55. The van der Waals surface area contributed by atoms with Gasteiger partial charge in [-0.1, -0.05) is 38.5 Å². The molecule has 0 bridgehead atoms. The Kier molecular flexibility index (Phi) is 14.6. The smallest absolute Gasteiger partial charge is 0.167 e. The number of methoxy groups -OCH3 is 4. The van der Waals surface area contributed by atoms with Crippen LogP contribution in [-0.2, 0) is 12.8 Å². The van der Waals surface area contributed by atoms with Crippen molar-refractivity contribution in [3.63, 3.8) is 0 Å². The minimum absolute atomic E-state index is 0.0285. The molecule has 2 rings (SSSR count). The van der Waals surface area contributed by atoms with E-state index in [9.17, 15) is 20.4 Å². The highest BCUT2D eigenvalue weighted by molar-refractivity contribution is 5.60. The Morgan fingerprint density at radius 1 is 0.500 bits per heavy atom. The molecule has 0 aromatic heterocycles. The van der Waals surface area contributed by atoms with Crippen molar-refractivity contribution in [3.8, 4) is 57.8 Å². The van der Waals surface area contributed by atoms with E-state index < -0.39 is 0 Å². The van der Waals surface area contributed by atoms with Crippen LogP contribution in [0.2, 0.25) is 0 Å². The first-order valence-electron chi connectivity index (χ1n) is 14.2. The Morgan fingerprint density at radius 3 is 1.20 bits per heavy atom. The van der Waals surface area contributed by atoms with Crippen LogP contribution in [0.3, 0.4) is 0 Å². The van der Waals surface area contributed by atoms with E-state index >= 15 is 0 Å². The van der Waals surface area contributed by atoms with E-state index in [1.807, 2.05) is 0 Å². The largest absolute Gasteiger partial charge is 0.504 e. The fourth-order valence-corrected chi connectivity index (χ4v) is 4.84. The highest BCUT2D eigenvalue weighted by atomic mass is 16.5. The molecule has 0 fully saturated rings. The van der Waals surface area contributed by atoms with Crippen LogP contribution in [0.15, 0.2) is 12.1 Å². The lowest BCUT2D eigenvalue weighted by molar-refractivity contribution is 0.340. The highest BCUT2D eigenvalue weighted by Crippen LogP contribution is 2.45. The second-order valence-corrected chi connectivity index (χ2v) is 9.81. The van der Waals surface area contributed by atoms with Crippen molar-refractivity contribution in [2.24, 2.45) is 0 Å². The van der Waals surface area contributed by atoms with Gasteiger partial charge >= 0.3 is 0 Å². The zero-order valence-electron chi connectivity index (χ0n) is 24.5. The molecule has 40 heavy (non-hydrogen) atoms. The van der Waals surface area contributed by atoms with Gasteiger partial charge < -0.3 is 39.4 Å². The number of benzene rings is 2. The Hall–Kier alpha value is -3.60. The van der Waals surface area contributed by atoms with Gasteiger partial charge in [0.25, 0.3) is 0 Å². The lowest BCUT2D eigenvalue weighted by Gasteiger charge is -2.15. The van der Waals surface area contributed by atoms with Crippen molar-refractivity contribution in [1.82, 2.24) is 0 Å². The van der Waals surface area contributed by atoms with Crippen molar-refractivity contribution in [2.75, 3.05) is 28.4 Å². The molecule has 0 unspecified atom stereocenters. The number of ether oxygens (including phenoxy) is 4. The SMILES string of the molecule is COc1cc(O)c(OC)c(CCCCCCCC#CCCCCCCCc2c(O)c(OC)cc(O)c2OC)c1O. The Labute approximate surface area is 238 Å². The quantitative estimate of drug-likeness (QED) is 0.0876. The van der Waals surface area contributed by atoms with Crippen LogP contribution in [0.25, 0.3) is 0 Å². The fourth-order valence-electron chi connectivity index (χ4n) is 4.84. The second kappa shape index (κ2) is 17.9. The lowest BCUT2D eigenvalue weighted by atomic mass is 10.0. The summed E-state index contributed by atoms with van der Waals surface area (Å²) >= 11 is 0. The van der Waals surface area contributed by atoms with E-state index in [0.717, 1.165) is 77.0 Å². The normalized spacial score (nSPS) is 10.6. The van der Waals surface area contributed by atoms with Crippen molar-refractivity contribution in [3.05, 3.63) is 23.3 Å². The standard InChI is InChI=1S/C32H46O8/c1-37-27-21-25(33)31(39-3)23(29(27)35)19-17-15-13-11-9-7-5-6-8-10-12-14-16-18-20-24-30(36)28(38-2)22-26(34)32(24)40-4/h21-22,33-36H,7-20H2,1-4H3. The molecule has 0 aliphatic rings. The topological polar surface area (TPSA) is 118 Å². The summed E-state index contributed by atoms with van der Waals surface area (Å²) in [5, 5.41) is 40.9. The summed E-state index contributed by atoms with van der Waals surface area (Å²) in [4.78, 5) is 0. The maximum absolute atomic E-state index is 10.4. The van der Waals surface area contributed by atoms with Crippen LogP contribution in [0, 0.1) is 11.8 Å². The van der Waals surface area contributed by atoms with Crippen LogP contribution in [0.5, 0.6) is 46.0 Å². The molecule has 8 nitrogen and oxygen atoms in total. The van der Waals surface area contributed by atoms with Crippen LogP contribution in [-0.4, -0.2) is 48.9 Å². The van der Waals surface area contributed by atoms with E-state index in [0.29, 0.717) is 35.5 Å². The molecule has 0 saturated carbocycles. The first-order chi connectivity index (χ1) is 19.4. The van der Waals surface area contributed by atoms with E-state index in [1.165, 1.54) is 40.6 Å². The molecule has 0 radical (unpaired) electrons. The summed E-state index contributed by atoms with van der Waals surface area (Å²) in [6.45, 7) is 0. The average molecular weight is 559 g/mol. The van der Waals surface area contributed by atoms with Gasteiger partial charge in [0, 0.05) is 36.1 Å². The molecule has 0 atom stereocenters. The van der Waals surface area contributed by atoms with Crippen molar-refractivity contribution in [1.29, 1.82) is 0 Å². The van der Waals surface area contributed by atoms with Gasteiger partial charge in [0.05, 0.1) is 28.4 Å². The number of phenols is 4. The van der Waals surface area contributed by atoms with Gasteiger partial charge in [-0.2, -0.15) is 0 Å². The first kappa shape index (κ1) is 32.6. The number of aromatic hydroxyl groups is 4. The minimum atomic E-state index is -0.0285. The zero-order chi connectivity index (χ0) is 29.3. The molecular weight excluding hydrogens is 512 g/mol. The highest BCUT2D eigenvalue weighted by Gasteiger charge is 2.19. The molecule has 0 heterocycles. The summed E-state index contributed by atoms with van der Waals surface area (Å²) in [7, 11) is 5.88. The first-order valence-corrected chi connectivity index (χ1v) is 14.2. The number of rotatable bonds is 18. The summed E-state index contributed by atoms with van der Waals surface area (Å²) in [5.74, 6) is 7.69. The monoisotopic (exact) mass is 558 g/mol. The molecule has 2 aromatic rings. The summed E-state index contributed by atoms with van der Waals surface area (Å²) in [6.07, 6.45) is 13.5. The van der Waals surface area contributed by atoms with E-state index in [4.69, 9.17) is 18.9 Å². The fraction of sp³-hybridized carbons (Fsp3) is 0.562. The van der Waals surface area contributed by atoms with Crippen LogP contribution in [0.1, 0.15) is 88.2 Å². The maximum Gasteiger partial charge on any atom is 0.167 e. The predicted molar refractivity (Wildman–Crippen MR) is 156 cm³/mol. The van der Waals surface area contributed by atoms with Gasteiger partial charge in [-0.3, -0.25) is 0 Å². The van der Waals surface area contributed by atoms with E-state index in [2.05, 4.69) is 11.8 Å². The third-order valence-electron chi connectivity index (χ3n) is 7.02. The van der Waals surface area contributed by atoms with Crippen LogP contribution in [0.4, 0.5) is 0 Å². The predicted octanol–water partition coefficient (Wildman–Crippen LogP) is 7.01.